The minimum atomic E-state index is -3.61. The minimum absolute atomic E-state index is 0.154. The van der Waals surface area contributed by atoms with E-state index in [0.29, 0.717) is 0 Å². The lowest BCUT2D eigenvalue weighted by Gasteiger charge is -2.06. The van der Waals surface area contributed by atoms with E-state index in [1.165, 1.54) is 17.0 Å². The lowest BCUT2D eigenvalue weighted by atomic mass is 10.1. The predicted octanol–water partition coefficient (Wildman–Crippen LogP) is -1.78. The molecule has 0 atom stereocenters. The first-order valence-electron chi connectivity index (χ1n) is 7.33. The van der Waals surface area contributed by atoms with E-state index in [1.54, 1.807) is 12.1 Å². The summed E-state index contributed by atoms with van der Waals surface area (Å²) in [6, 6.07) is 11.1. The Hall–Kier alpha value is -1.55. The van der Waals surface area contributed by atoms with Gasteiger partial charge in [-0.3, -0.25) is 0 Å². The van der Waals surface area contributed by atoms with Gasteiger partial charge in [0.1, 0.15) is 0 Å². The lowest BCUT2D eigenvalue weighted by molar-refractivity contribution is -1.73. The molecule has 2 rings (SSSR count). The number of primary sulfonamides is 1. The van der Waals surface area contributed by atoms with Gasteiger partial charge in [-0.05, 0) is 30.2 Å². The van der Waals surface area contributed by atoms with E-state index in [1.807, 2.05) is 12.1 Å². The minimum Gasteiger partial charge on any atom is -0.357 e. The molecule has 0 aliphatic carbocycles. The molecule has 1 aromatic carbocycles. The van der Waals surface area contributed by atoms with Crippen molar-refractivity contribution in [1.29, 1.82) is 0 Å². The Morgan fingerprint density at radius 2 is 1.44 bits per heavy atom. The maximum Gasteiger partial charge on any atom is 0.238 e. The normalized spacial score (nSPS) is 11.2. The number of benzene rings is 1. The highest BCUT2D eigenvalue weighted by Gasteiger charge is 2.12. The first-order valence-corrected chi connectivity index (χ1v) is 9.80. The summed E-state index contributed by atoms with van der Waals surface area (Å²) in [5, 5.41) is 5.09. The first kappa shape index (κ1) is 21.5. The molecule has 2 aromatic rings. The molecule has 0 aliphatic heterocycles. The third-order valence-electron chi connectivity index (χ3n) is 3.60. The highest BCUT2D eigenvalue weighted by molar-refractivity contribution is 7.89. The number of aryl methyl sites for hydroxylation is 4. The molecule has 0 saturated carbocycles. The summed E-state index contributed by atoms with van der Waals surface area (Å²) in [5.74, 6) is 0. The van der Waals surface area contributed by atoms with Gasteiger partial charge in [-0.25, -0.2) is 13.6 Å². The topological polar surface area (TPSA) is 133 Å². The molecule has 0 spiro atoms. The van der Waals surface area contributed by atoms with E-state index in [4.69, 9.17) is 19.1 Å². The van der Waals surface area contributed by atoms with Gasteiger partial charge >= 0.3 is 0 Å². The molecule has 7 nitrogen and oxygen atoms in total. The maximum atomic E-state index is 11.2. The number of nitrogens with two attached hydrogens (primary N) is 1. The summed E-state index contributed by atoms with van der Waals surface area (Å²) in [6.07, 6.45) is 0.848. The summed E-state index contributed by atoms with van der Waals surface area (Å²) in [6.45, 7) is 7.16. The van der Waals surface area contributed by atoms with E-state index in [0.717, 1.165) is 18.5 Å². The van der Waals surface area contributed by atoms with Gasteiger partial charge in [0.05, 0.1) is 15.7 Å². The molecule has 1 aromatic heterocycles. The van der Waals surface area contributed by atoms with Crippen LogP contribution in [0.15, 0.2) is 41.3 Å². The molecule has 0 aliphatic rings. The fourth-order valence-electron chi connectivity index (χ4n) is 2.57. The molecular formula is C16H21ClN2O5S. The molecule has 25 heavy (non-hydrogen) atoms. The van der Waals surface area contributed by atoms with Crippen molar-refractivity contribution >= 4 is 10.0 Å². The zero-order chi connectivity index (χ0) is 19.2. The van der Waals surface area contributed by atoms with Crippen LogP contribution in [-0.2, 0) is 23.0 Å². The number of nitrogens with zero attached hydrogens (tertiary/aromatic N) is 1. The number of pyridine rings is 1. The van der Waals surface area contributed by atoms with Crippen LogP contribution in [0.2, 0.25) is 0 Å². The number of hydrogen-bond acceptors (Lipinski definition) is 5. The average molecular weight is 389 g/mol. The molecule has 138 valence electrons. The Bertz CT molecular complexity index is 782. The number of rotatable bonds is 4. The second kappa shape index (κ2) is 9.23. The second-order valence-electron chi connectivity index (χ2n) is 5.60. The fraction of sp³-hybridized carbons (Fsp3) is 0.312. The fourth-order valence-corrected chi connectivity index (χ4v) is 3.09. The van der Waals surface area contributed by atoms with Crippen LogP contribution in [0.1, 0.15) is 22.5 Å². The van der Waals surface area contributed by atoms with E-state index >= 15 is 0 Å². The lowest BCUT2D eigenvalue weighted by Crippen LogP contribution is -2.42. The molecule has 9 heteroatoms. The van der Waals surface area contributed by atoms with Gasteiger partial charge in [0.25, 0.3) is 0 Å². The Morgan fingerprint density at radius 3 is 1.84 bits per heavy atom. The Kier molecular flexibility index (Phi) is 7.94. The molecule has 0 amide bonds. The second-order valence-corrected chi connectivity index (χ2v) is 7.53. The van der Waals surface area contributed by atoms with Crippen molar-refractivity contribution in [2.24, 2.45) is 5.14 Å². The molecule has 1 heterocycles. The van der Waals surface area contributed by atoms with Gasteiger partial charge in [-0.1, -0.05) is 12.1 Å². The van der Waals surface area contributed by atoms with Crippen LogP contribution < -0.4 is 23.7 Å². The molecule has 2 N–H and O–H groups in total. The third-order valence-corrected chi connectivity index (χ3v) is 4.53. The van der Waals surface area contributed by atoms with Gasteiger partial charge in [0.2, 0.25) is 10.0 Å². The Balaban J connectivity index is 0.000000705. The number of halogens is 1. The third kappa shape index (κ3) is 7.47. The number of hydrogen-bond donors (Lipinski definition) is 1. The molecule has 0 saturated heterocycles. The van der Waals surface area contributed by atoms with Gasteiger partial charge in [0.15, 0.2) is 17.9 Å². The van der Waals surface area contributed by atoms with Crippen molar-refractivity contribution in [3.05, 3.63) is 58.9 Å². The van der Waals surface area contributed by atoms with Crippen molar-refractivity contribution in [1.82, 2.24) is 0 Å². The van der Waals surface area contributed by atoms with Gasteiger partial charge < -0.3 is 14.0 Å². The SMILES string of the molecule is Cc1cc(C)[n+](CCc2ccc(S(N)(=O)=O)cc2)c(C)c1.[O-][Cl+2]([O-])[O-]. The molecule has 0 fully saturated rings. The largest absolute Gasteiger partial charge is 0.357 e. The van der Waals surface area contributed by atoms with Crippen LogP contribution in [0.4, 0.5) is 0 Å². The molecule has 0 unspecified atom stereocenters. The Morgan fingerprint density at radius 1 is 1.00 bits per heavy atom. The van der Waals surface area contributed by atoms with Crippen LogP contribution >= 0.6 is 0 Å². The maximum absolute atomic E-state index is 11.2. The quantitative estimate of drug-likeness (QED) is 0.618. The highest BCUT2D eigenvalue weighted by Crippen LogP contribution is 2.10. The smallest absolute Gasteiger partial charge is 0.238 e. The van der Waals surface area contributed by atoms with Gasteiger partial charge in [0, 0.05) is 32.4 Å². The average Bonchev–Trinajstić information content (AvgIpc) is 2.45. The number of sulfonamides is 1. The van der Waals surface area contributed by atoms with E-state index in [2.05, 4.69) is 37.5 Å². The summed E-state index contributed by atoms with van der Waals surface area (Å²) in [5.41, 5.74) is 4.82. The van der Waals surface area contributed by atoms with Crippen molar-refractivity contribution in [3.63, 3.8) is 0 Å². The van der Waals surface area contributed by atoms with E-state index < -0.39 is 20.8 Å². The summed E-state index contributed by atoms with van der Waals surface area (Å²) < 4.78 is 49.9. The van der Waals surface area contributed by atoms with Crippen molar-refractivity contribution < 1.29 is 37.7 Å². The van der Waals surface area contributed by atoms with Crippen molar-refractivity contribution in [3.8, 4) is 0 Å². The van der Waals surface area contributed by atoms with Crippen LogP contribution in [0, 0.1) is 31.6 Å². The molecular weight excluding hydrogens is 368 g/mol. The summed E-state index contributed by atoms with van der Waals surface area (Å²) in [4.78, 5) is 0.154. The molecule has 0 bridgehead atoms. The van der Waals surface area contributed by atoms with E-state index in [-0.39, 0.29) is 4.90 Å². The van der Waals surface area contributed by atoms with Crippen LogP contribution in [-0.4, -0.2) is 8.42 Å². The standard InChI is InChI=1S/C16H21N2O2S.ClO3/c1-12-10-13(2)18(14(3)11-12)9-8-15-4-6-16(7-5-15)21(17,19)20;2-1(3)4/h4-7,10-11H,8-9H2,1-3H3,(H2,17,19,20);/q+1;-1. The van der Waals surface area contributed by atoms with E-state index in [9.17, 15) is 8.42 Å². The van der Waals surface area contributed by atoms with Crippen LogP contribution in [0.5, 0.6) is 0 Å². The van der Waals surface area contributed by atoms with Crippen LogP contribution in [0.25, 0.3) is 0 Å². The Labute approximate surface area is 150 Å². The highest BCUT2D eigenvalue weighted by atomic mass is 35.6. The number of aromatic nitrogens is 1. The summed E-state index contributed by atoms with van der Waals surface area (Å²) in [7, 11) is -6.46. The zero-order valence-electron chi connectivity index (χ0n) is 14.2. The predicted molar refractivity (Wildman–Crippen MR) is 82.4 cm³/mol. The monoisotopic (exact) mass is 388 g/mol. The van der Waals surface area contributed by atoms with Gasteiger partial charge in [-0.2, -0.15) is 4.57 Å². The van der Waals surface area contributed by atoms with Gasteiger partial charge in [-0.15, -0.1) is 0 Å². The van der Waals surface area contributed by atoms with Crippen molar-refractivity contribution in [2.75, 3.05) is 0 Å². The summed E-state index contributed by atoms with van der Waals surface area (Å²) >= 11 is 0. The zero-order valence-corrected chi connectivity index (χ0v) is 15.8. The van der Waals surface area contributed by atoms with Crippen molar-refractivity contribution in [2.45, 2.75) is 38.6 Å². The van der Waals surface area contributed by atoms with Crippen LogP contribution in [0.3, 0.4) is 0 Å². The molecule has 0 radical (unpaired) electrons. The first-order chi connectivity index (χ1) is 11.5.